The van der Waals surface area contributed by atoms with E-state index in [-0.39, 0.29) is 24.0 Å². The highest BCUT2D eigenvalue weighted by Crippen LogP contribution is 2.34. The van der Waals surface area contributed by atoms with E-state index < -0.39 is 53.1 Å². The number of hydrogen-bond acceptors (Lipinski definition) is 10. The third-order valence-electron chi connectivity index (χ3n) is 6.62. The minimum absolute atomic E-state index is 0.0482. The third kappa shape index (κ3) is 10.5. The molecule has 0 aromatic heterocycles. The van der Waals surface area contributed by atoms with Crippen LogP contribution in [0.25, 0.3) is 0 Å². The summed E-state index contributed by atoms with van der Waals surface area (Å²) in [4.78, 5) is 49.9. The highest BCUT2D eigenvalue weighted by atomic mass is 16.7. The molecule has 0 saturated heterocycles. The summed E-state index contributed by atoms with van der Waals surface area (Å²) in [6.45, 7) is 17.3. The first-order chi connectivity index (χ1) is 17.9. The van der Waals surface area contributed by atoms with Crippen LogP contribution in [0.4, 0.5) is 4.79 Å². The van der Waals surface area contributed by atoms with Gasteiger partial charge in [-0.15, -0.1) is 0 Å². The molecule has 1 rings (SSSR count). The Bertz CT molecular complexity index is 1020. The summed E-state index contributed by atoms with van der Waals surface area (Å²) in [5, 5.41) is 0. The van der Waals surface area contributed by atoms with E-state index in [1.807, 2.05) is 13.8 Å². The fourth-order valence-electron chi connectivity index (χ4n) is 2.78. The number of carbonyl (C=O) groups excluding carboxylic acids is 4. The fraction of sp³-hybridized carbons (Fsp3) is 0.655. The molecule has 0 aliphatic rings. The highest BCUT2D eigenvalue weighted by molar-refractivity contribution is 5.81. The van der Waals surface area contributed by atoms with E-state index in [4.69, 9.17) is 29.4 Å². The Morgan fingerprint density at radius 1 is 0.769 bits per heavy atom. The molecule has 3 atom stereocenters. The second kappa shape index (κ2) is 14.3. The van der Waals surface area contributed by atoms with E-state index in [0.717, 1.165) is 0 Å². The van der Waals surface area contributed by atoms with Gasteiger partial charge >= 0.3 is 24.1 Å². The van der Waals surface area contributed by atoms with Gasteiger partial charge in [-0.25, -0.2) is 4.79 Å². The van der Waals surface area contributed by atoms with Crippen molar-refractivity contribution in [3.63, 3.8) is 0 Å². The van der Waals surface area contributed by atoms with Gasteiger partial charge in [-0.2, -0.15) is 0 Å². The second-order valence-corrected chi connectivity index (χ2v) is 11.2. The first-order valence-corrected chi connectivity index (χ1v) is 13.3. The van der Waals surface area contributed by atoms with Gasteiger partial charge in [0.2, 0.25) is 0 Å². The zero-order valence-corrected chi connectivity index (χ0v) is 24.9. The van der Waals surface area contributed by atoms with Gasteiger partial charge in [0.25, 0.3) is 0 Å². The molecule has 10 nitrogen and oxygen atoms in total. The topological polar surface area (TPSA) is 140 Å². The van der Waals surface area contributed by atoms with Crippen LogP contribution in [0.5, 0.6) is 11.5 Å². The number of hydrogen-bond donors (Lipinski definition) is 1. The van der Waals surface area contributed by atoms with Crippen molar-refractivity contribution in [2.45, 2.75) is 113 Å². The minimum atomic E-state index is -1.06. The molecule has 0 heterocycles. The van der Waals surface area contributed by atoms with E-state index in [2.05, 4.69) is 0 Å². The summed E-state index contributed by atoms with van der Waals surface area (Å²) in [6, 6.07) is 3.60. The molecule has 0 bridgehead atoms. The maximum absolute atomic E-state index is 12.8. The number of carbonyl (C=O) groups is 4. The lowest BCUT2D eigenvalue weighted by Gasteiger charge is -2.24. The van der Waals surface area contributed by atoms with Gasteiger partial charge in [0.15, 0.2) is 11.5 Å². The van der Waals surface area contributed by atoms with E-state index >= 15 is 0 Å². The molecule has 2 N–H and O–H groups in total. The highest BCUT2D eigenvalue weighted by Gasteiger charge is 2.32. The zero-order valence-electron chi connectivity index (χ0n) is 24.9. The molecule has 39 heavy (non-hydrogen) atoms. The van der Waals surface area contributed by atoms with E-state index in [1.165, 1.54) is 12.1 Å². The molecule has 0 saturated carbocycles. The van der Waals surface area contributed by atoms with Crippen LogP contribution in [0.2, 0.25) is 0 Å². The largest absolute Gasteiger partial charge is 0.508 e. The van der Waals surface area contributed by atoms with E-state index in [0.29, 0.717) is 18.4 Å². The predicted molar refractivity (Wildman–Crippen MR) is 145 cm³/mol. The van der Waals surface area contributed by atoms with Crippen molar-refractivity contribution in [1.29, 1.82) is 0 Å². The first-order valence-electron chi connectivity index (χ1n) is 13.3. The lowest BCUT2D eigenvalue weighted by molar-refractivity contribution is -0.155. The van der Waals surface area contributed by atoms with Gasteiger partial charge in [-0.3, -0.25) is 14.4 Å². The van der Waals surface area contributed by atoms with Crippen LogP contribution in [-0.4, -0.2) is 48.4 Å². The Balaban J connectivity index is 3.06. The average Bonchev–Trinajstić information content (AvgIpc) is 2.84. The molecule has 0 radical (unpaired) electrons. The zero-order chi connectivity index (χ0) is 30.1. The van der Waals surface area contributed by atoms with Crippen molar-refractivity contribution in [2.24, 2.45) is 16.6 Å². The maximum atomic E-state index is 12.8. The van der Waals surface area contributed by atoms with Crippen molar-refractivity contribution in [2.75, 3.05) is 0 Å². The van der Waals surface area contributed by atoms with Gasteiger partial charge in [0.1, 0.15) is 18.2 Å². The maximum Gasteiger partial charge on any atom is 0.508 e. The van der Waals surface area contributed by atoms with Crippen molar-refractivity contribution < 1.29 is 42.9 Å². The molecular formula is C29H45NO9. The smallest absolute Gasteiger partial charge is 0.458 e. The fourth-order valence-corrected chi connectivity index (χ4v) is 2.78. The molecule has 220 valence electrons. The van der Waals surface area contributed by atoms with Gasteiger partial charge in [-0.1, -0.05) is 19.9 Å². The normalized spacial score (nSPS) is 14.2. The van der Waals surface area contributed by atoms with Crippen LogP contribution in [-0.2, 0) is 35.0 Å². The molecule has 0 fully saturated rings. The number of rotatable bonds is 13. The first kappa shape index (κ1) is 33.9. The number of benzene rings is 1. The van der Waals surface area contributed by atoms with Crippen molar-refractivity contribution in [3.8, 4) is 11.5 Å². The summed E-state index contributed by atoms with van der Waals surface area (Å²) in [6.07, 6.45) is -1.61. The molecule has 0 amide bonds. The van der Waals surface area contributed by atoms with Crippen molar-refractivity contribution in [1.82, 2.24) is 0 Å². The summed E-state index contributed by atoms with van der Waals surface area (Å²) < 4.78 is 26.7. The molecular weight excluding hydrogens is 506 g/mol. The van der Waals surface area contributed by atoms with Crippen LogP contribution in [0.1, 0.15) is 87.6 Å². The molecule has 0 aliphatic heterocycles. The number of ether oxygens (including phenoxy) is 5. The van der Waals surface area contributed by atoms with Crippen LogP contribution in [0, 0.1) is 10.8 Å². The second-order valence-electron chi connectivity index (χ2n) is 11.2. The average molecular weight is 552 g/mol. The summed E-state index contributed by atoms with van der Waals surface area (Å²) in [5.41, 5.74) is 5.15. The summed E-state index contributed by atoms with van der Waals surface area (Å²) in [5.74, 6) is -1.51. The quantitative estimate of drug-likeness (QED) is 0.259. The van der Waals surface area contributed by atoms with Gasteiger partial charge in [0.05, 0.1) is 16.9 Å². The van der Waals surface area contributed by atoms with Crippen LogP contribution in [0.3, 0.4) is 0 Å². The monoisotopic (exact) mass is 551 g/mol. The molecule has 1 aromatic carbocycles. The predicted octanol–water partition coefficient (Wildman–Crippen LogP) is 5.12. The van der Waals surface area contributed by atoms with Crippen LogP contribution >= 0.6 is 0 Å². The Morgan fingerprint density at radius 2 is 1.26 bits per heavy atom. The van der Waals surface area contributed by atoms with Crippen LogP contribution < -0.4 is 15.2 Å². The molecule has 1 unspecified atom stereocenters. The van der Waals surface area contributed by atoms with Gasteiger partial charge in [0, 0.05) is 0 Å². The number of nitrogens with two attached hydrogens (primary N) is 1. The lowest BCUT2D eigenvalue weighted by atomic mass is 9.90. The Hall–Kier alpha value is -3.14. The van der Waals surface area contributed by atoms with E-state index in [9.17, 15) is 19.2 Å². The summed E-state index contributed by atoms with van der Waals surface area (Å²) >= 11 is 0. The third-order valence-corrected chi connectivity index (χ3v) is 6.62. The van der Waals surface area contributed by atoms with Gasteiger partial charge < -0.3 is 29.4 Å². The van der Waals surface area contributed by atoms with Crippen molar-refractivity contribution >= 4 is 24.1 Å². The Morgan fingerprint density at radius 3 is 1.74 bits per heavy atom. The molecule has 0 aliphatic carbocycles. The standard InChI is InChI=1S/C29H45NO9/c1-11-28(7,8)25(32)38-22-14-13-20(16-23(22)39-26(33)29(9,10)12-2)15-21(30)24(31)36-18(5)19(6)37-27(34)35-17(3)4/h13-14,16-19,21H,11-12,15,30H2,1-10H3/t18-,19?,21-/m0/s1. The Kier molecular flexibility index (Phi) is 12.4. The molecule has 1 aromatic rings. The minimum Gasteiger partial charge on any atom is -0.458 e. The van der Waals surface area contributed by atoms with Crippen molar-refractivity contribution in [3.05, 3.63) is 23.8 Å². The van der Waals surface area contributed by atoms with Crippen LogP contribution in [0.15, 0.2) is 18.2 Å². The van der Waals surface area contributed by atoms with E-state index in [1.54, 1.807) is 61.5 Å². The molecule has 0 spiro atoms. The molecule has 10 heteroatoms. The SMILES string of the molecule is CCC(C)(C)C(=O)Oc1ccc(C[C@H](N)C(=O)O[C@@H](C)C(C)OC(=O)OC(C)C)cc1OC(=O)C(C)(C)CC. The lowest BCUT2D eigenvalue weighted by Crippen LogP contribution is -2.39. The van der Waals surface area contributed by atoms with Gasteiger partial charge in [-0.05, 0) is 92.3 Å². The Labute approximate surface area is 231 Å². The summed E-state index contributed by atoms with van der Waals surface area (Å²) in [7, 11) is 0. The number of esters is 3.